The highest BCUT2D eigenvalue weighted by atomic mass is 28.4. The van der Waals surface area contributed by atoms with Crippen molar-refractivity contribution in [3.05, 3.63) is 148 Å². The quantitative estimate of drug-likeness (QED) is 0.105. The average molecular weight is 882 g/mol. The highest BCUT2D eigenvalue weighted by Gasteiger charge is 2.73. The Morgan fingerprint density at radius 1 is 0.794 bits per heavy atom. The molecule has 6 atom stereocenters. The summed E-state index contributed by atoms with van der Waals surface area (Å²) in [5.41, 5.74) is 1.56. The highest BCUT2D eigenvalue weighted by molar-refractivity contribution is 7.02. The van der Waals surface area contributed by atoms with Gasteiger partial charge in [0.2, 0.25) is 11.6 Å². The number of hydrogen-bond donors (Lipinski definition) is 2. The number of aliphatic hydroxyl groups excluding tert-OH is 1. The molecule has 8 rings (SSSR count). The third-order valence-electron chi connectivity index (χ3n) is 14.8. The van der Waals surface area contributed by atoms with Crippen LogP contribution < -0.4 is 20.1 Å². The number of nitrogens with zero attached hydrogens (tertiary/aromatic N) is 2. The Labute approximate surface area is 375 Å². The van der Waals surface area contributed by atoms with E-state index in [0.717, 1.165) is 27.1 Å². The fourth-order valence-corrected chi connectivity index (χ4v) is 17.3. The number of nitrogens with one attached hydrogen (secondary N) is 1. The average Bonchev–Trinajstić information content (AvgIpc) is 3.66. The van der Waals surface area contributed by atoms with Crippen molar-refractivity contribution in [1.82, 2.24) is 15.0 Å². The first kappa shape index (κ1) is 44.7. The topological polar surface area (TPSA) is 114 Å². The van der Waals surface area contributed by atoms with Crippen LogP contribution in [-0.2, 0) is 15.8 Å². The minimum Gasteiger partial charge on any atom is -0.507 e. The molecule has 0 bridgehead atoms. The van der Waals surface area contributed by atoms with Gasteiger partial charge in [0.1, 0.15) is 17.9 Å². The lowest BCUT2D eigenvalue weighted by molar-refractivity contribution is -0.143. The third kappa shape index (κ3) is 6.93. The number of benzene rings is 4. The van der Waals surface area contributed by atoms with Gasteiger partial charge < -0.3 is 23.8 Å². The number of ketones is 2. The summed E-state index contributed by atoms with van der Waals surface area (Å²) in [6, 6.07) is 35.7. The Morgan fingerprint density at radius 3 is 1.90 bits per heavy atom. The standard InChI is InChI=1S/C52H63N3O6Si2/c1-32-23-22-30-37-33(2)39-40(45(56)38(32)37)47(57)52(61-62(11,12)50(3,4)5)42(43(39)54-63(51(6,7)8,35-26-18-14-19-27-35)36-28-20-15-21-29-36)44(55(9)10)46-41(48(52)58)49(53-60-46)59-31-34-24-16-13-17-25-34/h13-30,33,39,42-44,54,56H,31H2,1-12H3/t33-,39+,42-,43-,44-,52-/m0/s1. The molecule has 0 amide bonds. The highest BCUT2D eigenvalue weighted by Crippen LogP contribution is 2.61. The normalized spacial score (nSPS) is 23.9. The van der Waals surface area contributed by atoms with E-state index in [4.69, 9.17) is 13.7 Å². The molecule has 1 saturated carbocycles. The summed E-state index contributed by atoms with van der Waals surface area (Å²) >= 11 is 0. The molecule has 2 N–H and O–H groups in total. The van der Waals surface area contributed by atoms with Gasteiger partial charge >= 0.3 is 0 Å². The predicted octanol–water partition coefficient (Wildman–Crippen LogP) is 9.54. The van der Waals surface area contributed by atoms with Crippen molar-refractivity contribution in [1.29, 1.82) is 0 Å². The van der Waals surface area contributed by atoms with Gasteiger partial charge in [0.15, 0.2) is 27.9 Å². The Kier molecular flexibility index (Phi) is 11.3. The maximum atomic E-state index is 16.6. The van der Waals surface area contributed by atoms with Crippen LogP contribution in [0.2, 0.25) is 23.2 Å². The Morgan fingerprint density at radius 2 is 1.37 bits per heavy atom. The number of aryl methyl sites for hydroxylation is 1. The molecule has 330 valence electrons. The molecule has 9 nitrogen and oxygen atoms in total. The van der Waals surface area contributed by atoms with Crippen LogP contribution in [-0.4, -0.2) is 69.0 Å². The van der Waals surface area contributed by atoms with Crippen molar-refractivity contribution in [2.24, 2.45) is 11.8 Å². The van der Waals surface area contributed by atoms with Gasteiger partial charge in [0.25, 0.3) is 5.88 Å². The van der Waals surface area contributed by atoms with Crippen molar-refractivity contribution in [2.45, 2.75) is 109 Å². The van der Waals surface area contributed by atoms with E-state index in [2.05, 4.69) is 126 Å². The third-order valence-corrected chi connectivity index (χ3v) is 24.6. The SMILES string of the molecule is Cc1cccc2c1C(O)=C1C(=O)[C@]3(O[Si](C)(C)C(C)(C)C)C(=O)c4c(OCc5ccccc5)noc4[C@@H](N(C)C)[C@@H]3[C@@H](N[Si](c3ccccc3)(c3ccccc3)C(C)(C)C)[C@@H]1[C@H]2C. The summed E-state index contributed by atoms with van der Waals surface area (Å²) in [5.74, 6) is -2.47. The largest absolute Gasteiger partial charge is 0.507 e. The molecule has 0 aliphatic heterocycles. The van der Waals surface area contributed by atoms with E-state index in [0.29, 0.717) is 11.3 Å². The first-order chi connectivity index (χ1) is 29.7. The summed E-state index contributed by atoms with van der Waals surface area (Å²) in [5, 5.41) is 18.9. The molecular weight excluding hydrogens is 819 g/mol. The Hall–Kier alpha value is -4.92. The van der Waals surface area contributed by atoms with Gasteiger partial charge in [-0.05, 0) is 82.3 Å². The van der Waals surface area contributed by atoms with Crippen molar-refractivity contribution in [2.75, 3.05) is 14.1 Å². The Balaban J connectivity index is 1.50. The second kappa shape index (κ2) is 16.0. The van der Waals surface area contributed by atoms with Gasteiger partial charge in [-0.1, -0.05) is 158 Å². The number of Topliss-reactive ketones (excluding diaryl/α,β-unsaturated/α-hetero) is 2. The van der Waals surface area contributed by atoms with E-state index in [9.17, 15) is 5.11 Å². The maximum Gasteiger partial charge on any atom is 0.265 e. The fourth-order valence-electron chi connectivity index (χ4n) is 10.7. The van der Waals surface area contributed by atoms with E-state index >= 15 is 9.59 Å². The van der Waals surface area contributed by atoms with Gasteiger partial charge in [-0.2, -0.15) is 0 Å². The molecule has 63 heavy (non-hydrogen) atoms. The van der Waals surface area contributed by atoms with Crippen LogP contribution >= 0.6 is 0 Å². The van der Waals surface area contributed by atoms with E-state index < -0.39 is 62.7 Å². The van der Waals surface area contributed by atoms with Gasteiger partial charge in [-0.25, -0.2) is 0 Å². The first-order valence-corrected chi connectivity index (χ1v) is 27.1. The molecular formula is C52H63N3O6Si2. The second-order valence-electron chi connectivity index (χ2n) is 20.7. The van der Waals surface area contributed by atoms with Crippen LogP contribution in [0.4, 0.5) is 0 Å². The molecule has 5 aromatic rings. The predicted molar refractivity (Wildman–Crippen MR) is 255 cm³/mol. The summed E-state index contributed by atoms with van der Waals surface area (Å²) in [7, 11) is -2.35. The number of aliphatic hydroxyl groups is 1. The molecule has 0 unspecified atom stereocenters. The smallest absolute Gasteiger partial charge is 0.265 e. The molecule has 1 heterocycles. The minimum absolute atomic E-state index is 0.0187. The van der Waals surface area contributed by atoms with Crippen LogP contribution in [0.1, 0.15) is 98.8 Å². The number of fused-ring (bicyclic) bond motifs is 4. The zero-order chi connectivity index (χ0) is 45.4. The number of aromatic nitrogens is 1. The zero-order valence-electron chi connectivity index (χ0n) is 38.9. The molecule has 0 radical (unpaired) electrons. The van der Waals surface area contributed by atoms with Crippen molar-refractivity contribution < 1.29 is 28.4 Å². The fraction of sp³-hybridized carbons (Fsp3) is 0.404. The maximum absolute atomic E-state index is 16.6. The zero-order valence-corrected chi connectivity index (χ0v) is 40.9. The monoisotopic (exact) mass is 881 g/mol. The van der Waals surface area contributed by atoms with Crippen LogP contribution in [0.15, 0.2) is 119 Å². The molecule has 0 saturated heterocycles. The van der Waals surface area contributed by atoms with Crippen LogP contribution in [0, 0.1) is 18.8 Å². The van der Waals surface area contributed by atoms with E-state index in [1.54, 1.807) is 0 Å². The van der Waals surface area contributed by atoms with E-state index in [1.165, 1.54) is 0 Å². The first-order valence-electron chi connectivity index (χ1n) is 22.2. The lowest BCUT2D eigenvalue weighted by Crippen LogP contribution is -2.81. The molecule has 1 aromatic heterocycles. The molecule has 1 fully saturated rings. The Bertz CT molecular complexity index is 2520. The van der Waals surface area contributed by atoms with Crippen molar-refractivity contribution in [3.63, 3.8) is 0 Å². The molecule has 0 spiro atoms. The number of hydrogen-bond acceptors (Lipinski definition) is 9. The van der Waals surface area contributed by atoms with Crippen LogP contribution in [0.3, 0.4) is 0 Å². The van der Waals surface area contributed by atoms with Gasteiger partial charge in [0.05, 0.1) is 6.04 Å². The summed E-state index contributed by atoms with van der Waals surface area (Å²) < 4.78 is 20.4. The second-order valence-corrected chi connectivity index (χ2v) is 29.9. The van der Waals surface area contributed by atoms with Crippen molar-refractivity contribution >= 4 is 44.3 Å². The van der Waals surface area contributed by atoms with Crippen molar-refractivity contribution in [3.8, 4) is 5.88 Å². The van der Waals surface area contributed by atoms with E-state index in [-0.39, 0.29) is 40.3 Å². The van der Waals surface area contributed by atoms with Crippen LogP contribution in [0.5, 0.6) is 5.88 Å². The minimum atomic E-state index is -3.23. The number of carbonyl (C=O) groups excluding carboxylic acids is 2. The molecule has 3 aliphatic rings. The summed E-state index contributed by atoms with van der Waals surface area (Å²) in [6.07, 6.45) is 0. The van der Waals surface area contributed by atoms with Gasteiger partial charge in [-0.15, -0.1) is 0 Å². The lowest BCUT2D eigenvalue weighted by Gasteiger charge is -2.61. The number of rotatable bonds is 10. The molecule has 3 aliphatic carbocycles. The van der Waals surface area contributed by atoms with Gasteiger partial charge in [0, 0.05) is 29.0 Å². The lowest BCUT2D eigenvalue weighted by atomic mass is 9.53. The van der Waals surface area contributed by atoms with Crippen LogP contribution in [0.25, 0.3) is 5.76 Å². The molecule has 4 aromatic carbocycles. The van der Waals surface area contributed by atoms with E-state index in [1.807, 2.05) is 80.5 Å². The van der Waals surface area contributed by atoms with Gasteiger partial charge in [-0.3, -0.25) is 14.5 Å². The number of ether oxygens (including phenoxy) is 1. The summed E-state index contributed by atoms with van der Waals surface area (Å²) in [6.45, 7) is 21.7. The molecule has 11 heteroatoms. The summed E-state index contributed by atoms with van der Waals surface area (Å²) in [4.78, 5) is 39.6. The number of carbonyl (C=O) groups is 2.